The van der Waals surface area contributed by atoms with E-state index in [2.05, 4.69) is 39.5 Å². The number of nitrogens with one attached hydrogen (secondary N) is 2. The molecule has 0 unspecified atom stereocenters. The average Bonchev–Trinajstić information content (AvgIpc) is 3.42. The molecule has 1 saturated heterocycles. The predicted molar refractivity (Wildman–Crippen MR) is 102 cm³/mol. The van der Waals surface area contributed by atoms with Crippen molar-refractivity contribution in [3.05, 3.63) is 35.4 Å². The van der Waals surface area contributed by atoms with Gasteiger partial charge in [0.05, 0.1) is 13.1 Å². The Labute approximate surface area is 155 Å². The van der Waals surface area contributed by atoms with E-state index < -0.39 is 0 Å². The quantitative estimate of drug-likeness (QED) is 0.712. The average molecular weight is 358 g/mol. The van der Waals surface area contributed by atoms with Crippen LogP contribution in [0, 0.1) is 6.92 Å². The molecule has 0 radical (unpaired) electrons. The minimum atomic E-state index is 0.0820. The molecule has 1 aliphatic carbocycles. The number of benzene rings is 1. The van der Waals surface area contributed by atoms with Gasteiger partial charge in [0.2, 0.25) is 11.8 Å². The van der Waals surface area contributed by atoms with Crippen LogP contribution in [0.5, 0.6) is 0 Å². The summed E-state index contributed by atoms with van der Waals surface area (Å²) in [5, 5.41) is 6.05. The maximum absolute atomic E-state index is 12.1. The van der Waals surface area contributed by atoms with Gasteiger partial charge in [-0.25, -0.2) is 0 Å². The van der Waals surface area contributed by atoms with Crippen molar-refractivity contribution in [1.29, 1.82) is 0 Å². The molecule has 1 aromatic carbocycles. The van der Waals surface area contributed by atoms with Crippen LogP contribution in [0.3, 0.4) is 0 Å². The number of hydrogen-bond acceptors (Lipinski definition) is 4. The van der Waals surface area contributed by atoms with Crippen molar-refractivity contribution in [2.24, 2.45) is 0 Å². The van der Waals surface area contributed by atoms with Crippen molar-refractivity contribution in [3.8, 4) is 0 Å². The summed E-state index contributed by atoms with van der Waals surface area (Å²) in [5.41, 5.74) is 2.55. The van der Waals surface area contributed by atoms with E-state index >= 15 is 0 Å². The first-order valence-electron chi connectivity index (χ1n) is 9.65. The standard InChI is InChI=1S/C20H30N4O2/c1-16-4-2-3-5-17(16)8-9-21-19(25)14-23-10-12-24(13-11-23)15-20(26)22-18-6-7-18/h2-5,18H,6-15H2,1H3,(H,21,25)(H,22,26). The number of aryl methyl sites for hydroxylation is 1. The lowest BCUT2D eigenvalue weighted by Crippen LogP contribution is -2.51. The second kappa shape index (κ2) is 9.14. The molecule has 1 heterocycles. The second-order valence-corrected chi connectivity index (χ2v) is 7.42. The summed E-state index contributed by atoms with van der Waals surface area (Å²) in [5.74, 6) is 0.216. The number of amides is 2. The van der Waals surface area contributed by atoms with Gasteiger partial charge in [0.15, 0.2) is 0 Å². The predicted octanol–water partition coefficient (Wildman–Crippen LogP) is 0.550. The topological polar surface area (TPSA) is 64.7 Å². The highest BCUT2D eigenvalue weighted by Crippen LogP contribution is 2.18. The van der Waals surface area contributed by atoms with Gasteiger partial charge in [-0.15, -0.1) is 0 Å². The molecular formula is C20H30N4O2. The number of carbonyl (C=O) groups is 2. The lowest BCUT2D eigenvalue weighted by atomic mass is 10.1. The first-order chi connectivity index (χ1) is 12.6. The molecule has 1 aliphatic heterocycles. The Morgan fingerprint density at radius 2 is 1.62 bits per heavy atom. The smallest absolute Gasteiger partial charge is 0.234 e. The Hall–Kier alpha value is -1.92. The second-order valence-electron chi connectivity index (χ2n) is 7.42. The van der Waals surface area contributed by atoms with Gasteiger partial charge in [0, 0.05) is 38.8 Å². The molecule has 3 rings (SSSR count). The fraction of sp³-hybridized carbons (Fsp3) is 0.600. The molecule has 0 spiro atoms. The highest BCUT2D eigenvalue weighted by molar-refractivity contribution is 5.79. The summed E-state index contributed by atoms with van der Waals surface area (Å²) in [6, 6.07) is 8.70. The van der Waals surface area contributed by atoms with Gasteiger partial charge in [-0.2, -0.15) is 0 Å². The minimum absolute atomic E-state index is 0.0820. The van der Waals surface area contributed by atoms with E-state index in [1.807, 2.05) is 12.1 Å². The van der Waals surface area contributed by atoms with Crippen molar-refractivity contribution < 1.29 is 9.59 Å². The summed E-state index contributed by atoms with van der Waals surface area (Å²) in [4.78, 5) is 28.3. The van der Waals surface area contributed by atoms with Crippen molar-refractivity contribution >= 4 is 11.8 Å². The van der Waals surface area contributed by atoms with Crippen molar-refractivity contribution in [2.75, 3.05) is 45.8 Å². The Morgan fingerprint density at radius 1 is 1.00 bits per heavy atom. The third-order valence-corrected chi connectivity index (χ3v) is 5.12. The Balaban J connectivity index is 1.29. The Morgan fingerprint density at radius 3 is 2.23 bits per heavy atom. The third-order valence-electron chi connectivity index (χ3n) is 5.12. The van der Waals surface area contributed by atoms with Crippen LogP contribution >= 0.6 is 0 Å². The zero-order chi connectivity index (χ0) is 18.4. The summed E-state index contributed by atoms with van der Waals surface area (Å²) >= 11 is 0. The molecule has 2 aliphatic rings. The van der Waals surface area contributed by atoms with Gasteiger partial charge < -0.3 is 10.6 Å². The maximum Gasteiger partial charge on any atom is 0.234 e. The fourth-order valence-electron chi connectivity index (χ4n) is 3.30. The largest absolute Gasteiger partial charge is 0.355 e. The van der Waals surface area contributed by atoms with Crippen LogP contribution in [0.25, 0.3) is 0 Å². The molecular weight excluding hydrogens is 328 g/mol. The number of nitrogens with zero attached hydrogens (tertiary/aromatic N) is 2. The minimum Gasteiger partial charge on any atom is -0.355 e. The summed E-state index contributed by atoms with van der Waals surface area (Å²) < 4.78 is 0. The zero-order valence-corrected chi connectivity index (χ0v) is 15.7. The first kappa shape index (κ1) is 18.9. The highest BCUT2D eigenvalue weighted by atomic mass is 16.2. The van der Waals surface area contributed by atoms with E-state index in [0.29, 0.717) is 25.7 Å². The number of rotatable bonds is 8. The van der Waals surface area contributed by atoms with E-state index in [9.17, 15) is 9.59 Å². The molecule has 0 bridgehead atoms. The van der Waals surface area contributed by atoms with Crippen molar-refractivity contribution in [3.63, 3.8) is 0 Å². The molecule has 6 nitrogen and oxygen atoms in total. The molecule has 0 aromatic heterocycles. The van der Waals surface area contributed by atoms with Crippen LogP contribution in [0.4, 0.5) is 0 Å². The molecule has 1 aromatic rings. The van der Waals surface area contributed by atoms with Crippen molar-refractivity contribution in [2.45, 2.75) is 32.2 Å². The molecule has 0 atom stereocenters. The normalized spacial score (nSPS) is 18.5. The van der Waals surface area contributed by atoms with Gasteiger partial charge in [0.1, 0.15) is 0 Å². The summed E-state index contributed by atoms with van der Waals surface area (Å²) in [6.07, 6.45) is 3.11. The summed E-state index contributed by atoms with van der Waals surface area (Å²) in [6.45, 7) is 7.04. The van der Waals surface area contributed by atoms with Gasteiger partial charge in [-0.1, -0.05) is 24.3 Å². The van der Waals surface area contributed by atoms with Crippen LogP contribution in [-0.2, 0) is 16.0 Å². The number of hydrogen-bond donors (Lipinski definition) is 2. The van der Waals surface area contributed by atoms with E-state index in [0.717, 1.165) is 45.4 Å². The lowest BCUT2D eigenvalue weighted by Gasteiger charge is -2.33. The van der Waals surface area contributed by atoms with Gasteiger partial charge in [-0.05, 0) is 37.3 Å². The first-order valence-corrected chi connectivity index (χ1v) is 9.65. The van der Waals surface area contributed by atoms with Crippen LogP contribution in [0.15, 0.2) is 24.3 Å². The van der Waals surface area contributed by atoms with Gasteiger partial charge in [-0.3, -0.25) is 19.4 Å². The maximum atomic E-state index is 12.1. The number of piperazine rings is 1. The molecule has 142 valence electrons. The third kappa shape index (κ3) is 6.11. The van der Waals surface area contributed by atoms with E-state index in [4.69, 9.17) is 0 Å². The van der Waals surface area contributed by atoms with E-state index in [1.165, 1.54) is 11.1 Å². The van der Waals surface area contributed by atoms with E-state index in [-0.39, 0.29) is 11.8 Å². The van der Waals surface area contributed by atoms with Crippen LogP contribution < -0.4 is 10.6 Å². The SMILES string of the molecule is Cc1ccccc1CCNC(=O)CN1CCN(CC(=O)NC2CC2)CC1. The Kier molecular flexibility index (Phi) is 6.63. The fourth-order valence-corrected chi connectivity index (χ4v) is 3.30. The molecule has 2 fully saturated rings. The van der Waals surface area contributed by atoms with Crippen molar-refractivity contribution in [1.82, 2.24) is 20.4 Å². The van der Waals surface area contributed by atoms with E-state index in [1.54, 1.807) is 0 Å². The molecule has 2 amide bonds. The molecule has 6 heteroatoms. The zero-order valence-electron chi connectivity index (χ0n) is 15.7. The van der Waals surface area contributed by atoms with Crippen LogP contribution in [0.1, 0.15) is 24.0 Å². The molecule has 2 N–H and O–H groups in total. The van der Waals surface area contributed by atoms with Gasteiger partial charge in [0.25, 0.3) is 0 Å². The Bertz CT molecular complexity index is 622. The number of carbonyl (C=O) groups excluding carboxylic acids is 2. The van der Waals surface area contributed by atoms with Crippen LogP contribution in [-0.4, -0.2) is 73.5 Å². The lowest BCUT2D eigenvalue weighted by molar-refractivity contribution is -0.125. The highest BCUT2D eigenvalue weighted by Gasteiger charge is 2.25. The van der Waals surface area contributed by atoms with Gasteiger partial charge >= 0.3 is 0 Å². The molecule has 26 heavy (non-hydrogen) atoms. The molecule has 1 saturated carbocycles. The van der Waals surface area contributed by atoms with Crippen LogP contribution in [0.2, 0.25) is 0 Å². The monoisotopic (exact) mass is 358 g/mol. The summed E-state index contributed by atoms with van der Waals surface area (Å²) in [7, 11) is 0.